The quantitative estimate of drug-likeness (QED) is 0.878. The maximum atomic E-state index is 6.07. The first-order valence-electron chi connectivity index (χ1n) is 5.92. The van der Waals surface area contributed by atoms with E-state index in [1.54, 1.807) is 7.11 Å². The van der Waals surface area contributed by atoms with Crippen molar-refractivity contribution in [3.8, 4) is 0 Å². The van der Waals surface area contributed by atoms with E-state index in [4.69, 9.17) is 10.5 Å². The third-order valence-electron chi connectivity index (χ3n) is 2.81. The van der Waals surface area contributed by atoms with E-state index in [2.05, 4.69) is 11.9 Å². The molecular formula is C14H18N2O. The molecule has 0 fully saturated rings. The molecule has 0 aliphatic heterocycles. The van der Waals surface area contributed by atoms with Gasteiger partial charge in [0.2, 0.25) is 0 Å². The molecule has 0 radical (unpaired) electrons. The second-order valence-electron chi connectivity index (χ2n) is 4.20. The molecule has 0 amide bonds. The van der Waals surface area contributed by atoms with Gasteiger partial charge in [-0.25, -0.2) is 0 Å². The third kappa shape index (κ3) is 2.39. The number of nitrogens with two attached hydrogens (primary N) is 1. The summed E-state index contributed by atoms with van der Waals surface area (Å²) < 4.78 is 5.19. The predicted octanol–water partition coefficient (Wildman–Crippen LogP) is 2.92. The van der Waals surface area contributed by atoms with Crippen LogP contribution in [0.4, 0.5) is 5.69 Å². The van der Waals surface area contributed by atoms with Crippen LogP contribution in [0, 0.1) is 0 Å². The monoisotopic (exact) mass is 230 g/mol. The van der Waals surface area contributed by atoms with Gasteiger partial charge in [-0.3, -0.25) is 4.98 Å². The molecule has 90 valence electrons. The van der Waals surface area contributed by atoms with Crippen LogP contribution in [-0.2, 0) is 17.8 Å². The van der Waals surface area contributed by atoms with Crippen LogP contribution in [0.5, 0.6) is 0 Å². The van der Waals surface area contributed by atoms with E-state index in [1.165, 1.54) is 0 Å². The Bertz CT molecular complexity index is 523. The van der Waals surface area contributed by atoms with E-state index < -0.39 is 0 Å². The lowest BCUT2D eigenvalue weighted by Gasteiger charge is -2.09. The Morgan fingerprint density at radius 3 is 2.88 bits per heavy atom. The fraction of sp³-hybridized carbons (Fsp3) is 0.357. The lowest BCUT2D eigenvalue weighted by molar-refractivity contribution is 0.186. The van der Waals surface area contributed by atoms with Crippen molar-refractivity contribution >= 4 is 16.6 Å². The van der Waals surface area contributed by atoms with E-state index in [0.29, 0.717) is 6.61 Å². The Morgan fingerprint density at radius 1 is 1.35 bits per heavy atom. The number of rotatable bonds is 4. The van der Waals surface area contributed by atoms with Gasteiger partial charge in [0.25, 0.3) is 0 Å². The number of aryl methyl sites for hydroxylation is 1. The first kappa shape index (κ1) is 11.9. The molecule has 1 aromatic carbocycles. The molecule has 0 aliphatic rings. The Morgan fingerprint density at radius 2 is 2.18 bits per heavy atom. The minimum atomic E-state index is 0.569. The summed E-state index contributed by atoms with van der Waals surface area (Å²) in [6.45, 7) is 2.71. The van der Waals surface area contributed by atoms with Gasteiger partial charge >= 0.3 is 0 Å². The summed E-state index contributed by atoms with van der Waals surface area (Å²) in [5.41, 5.74) is 9.99. The Labute approximate surface area is 102 Å². The van der Waals surface area contributed by atoms with Gasteiger partial charge < -0.3 is 10.5 Å². The molecule has 2 N–H and O–H groups in total. The molecule has 0 unspecified atom stereocenters. The zero-order chi connectivity index (χ0) is 12.3. The van der Waals surface area contributed by atoms with Gasteiger partial charge in [-0.05, 0) is 12.5 Å². The summed E-state index contributed by atoms with van der Waals surface area (Å²) in [6, 6.07) is 8.01. The van der Waals surface area contributed by atoms with Crippen molar-refractivity contribution in [2.24, 2.45) is 0 Å². The SMILES string of the molecule is CCCc1cc(N)c2cccc(COC)c2n1. The lowest BCUT2D eigenvalue weighted by Crippen LogP contribution is -1.99. The number of aromatic nitrogens is 1. The summed E-state index contributed by atoms with van der Waals surface area (Å²) >= 11 is 0. The predicted molar refractivity (Wildman–Crippen MR) is 70.9 cm³/mol. The summed E-state index contributed by atoms with van der Waals surface area (Å²) in [6.07, 6.45) is 2.03. The number of fused-ring (bicyclic) bond motifs is 1. The van der Waals surface area contributed by atoms with E-state index in [0.717, 1.165) is 40.7 Å². The Balaban J connectivity index is 2.60. The summed E-state index contributed by atoms with van der Waals surface area (Å²) in [4.78, 5) is 4.68. The molecule has 0 atom stereocenters. The van der Waals surface area contributed by atoms with Gasteiger partial charge in [0, 0.05) is 29.4 Å². The zero-order valence-corrected chi connectivity index (χ0v) is 10.4. The number of nitrogens with zero attached hydrogens (tertiary/aromatic N) is 1. The van der Waals surface area contributed by atoms with Crippen LogP contribution >= 0.6 is 0 Å². The summed E-state index contributed by atoms with van der Waals surface area (Å²) in [5, 5.41) is 1.01. The number of methoxy groups -OCH3 is 1. The fourth-order valence-corrected chi connectivity index (χ4v) is 2.05. The van der Waals surface area contributed by atoms with Gasteiger partial charge in [0.1, 0.15) is 0 Å². The number of hydrogen-bond acceptors (Lipinski definition) is 3. The Hall–Kier alpha value is -1.61. The molecule has 0 spiro atoms. The molecule has 0 saturated carbocycles. The fourth-order valence-electron chi connectivity index (χ4n) is 2.05. The smallest absolute Gasteiger partial charge is 0.0781 e. The standard InChI is InChI=1S/C14H18N2O/c1-3-5-11-8-13(15)12-7-4-6-10(9-17-2)14(12)16-11/h4,6-8H,3,5,9H2,1-2H3,(H2,15,16). The highest BCUT2D eigenvalue weighted by Crippen LogP contribution is 2.24. The van der Waals surface area contributed by atoms with Crippen molar-refractivity contribution in [2.45, 2.75) is 26.4 Å². The first-order chi connectivity index (χ1) is 8.26. The highest BCUT2D eigenvalue weighted by molar-refractivity contribution is 5.92. The number of ether oxygens (including phenoxy) is 1. The first-order valence-corrected chi connectivity index (χ1v) is 5.92. The van der Waals surface area contributed by atoms with Crippen LogP contribution in [0.3, 0.4) is 0 Å². The van der Waals surface area contributed by atoms with Crippen molar-refractivity contribution in [1.29, 1.82) is 0 Å². The molecule has 17 heavy (non-hydrogen) atoms. The van der Waals surface area contributed by atoms with Crippen LogP contribution in [0.2, 0.25) is 0 Å². The third-order valence-corrected chi connectivity index (χ3v) is 2.81. The molecule has 0 bridgehead atoms. The van der Waals surface area contributed by atoms with E-state index in [9.17, 15) is 0 Å². The topological polar surface area (TPSA) is 48.1 Å². The van der Waals surface area contributed by atoms with Gasteiger partial charge in [0.05, 0.1) is 12.1 Å². The summed E-state index contributed by atoms with van der Waals surface area (Å²) in [7, 11) is 1.69. The molecule has 1 aromatic heterocycles. The molecule has 1 heterocycles. The molecular weight excluding hydrogens is 212 g/mol. The number of pyridine rings is 1. The highest BCUT2D eigenvalue weighted by Gasteiger charge is 2.07. The molecule has 2 rings (SSSR count). The van der Waals surface area contributed by atoms with Gasteiger partial charge in [0.15, 0.2) is 0 Å². The second kappa shape index (κ2) is 5.15. The number of hydrogen-bond donors (Lipinski definition) is 1. The normalized spacial score (nSPS) is 10.9. The Kier molecular flexibility index (Phi) is 3.59. The van der Waals surface area contributed by atoms with E-state index >= 15 is 0 Å². The molecule has 0 aliphatic carbocycles. The average molecular weight is 230 g/mol. The highest BCUT2D eigenvalue weighted by atomic mass is 16.5. The van der Waals surface area contributed by atoms with Crippen molar-refractivity contribution in [3.05, 3.63) is 35.5 Å². The number of anilines is 1. The minimum absolute atomic E-state index is 0.569. The number of para-hydroxylation sites is 1. The van der Waals surface area contributed by atoms with Crippen LogP contribution in [0.1, 0.15) is 24.6 Å². The van der Waals surface area contributed by atoms with Crippen LogP contribution in [0.25, 0.3) is 10.9 Å². The van der Waals surface area contributed by atoms with Gasteiger partial charge in [-0.15, -0.1) is 0 Å². The summed E-state index contributed by atoms with van der Waals surface area (Å²) in [5.74, 6) is 0. The molecule has 3 nitrogen and oxygen atoms in total. The maximum absolute atomic E-state index is 6.07. The molecule has 0 saturated heterocycles. The van der Waals surface area contributed by atoms with Crippen molar-refractivity contribution in [1.82, 2.24) is 4.98 Å². The van der Waals surface area contributed by atoms with Crippen molar-refractivity contribution in [2.75, 3.05) is 12.8 Å². The minimum Gasteiger partial charge on any atom is -0.398 e. The van der Waals surface area contributed by atoms with E-state index in [1.807, 2.05) is 24.3 Å². The average Bonchev–Trinajstić information content (AvgIpc) is 2.31. The van der Waals surface area contributed by atoms with Crippen LogP contribution in [0.15, 0.2) is 24.3 Å². The zero-order valence-electron chi connectivity index (χ0n) is 10.4. The van der Waals surface area contributed by atoms with Crippen LogP contribution < -0.4 is 5.73 Å². The lowest BCUT2D eigenvalue weighted by atomic mass is 10.1. The van der Waals surface area contributed by atoms with Gasteiger partial charge in [-0.2, -0.15) is 0 Å². The van der Waals surface area contributed by atoms with Crippen molar-refractivity contribution in [3.63, 3.8) is 0 Å². The maximum Gasteiger partial charge on any atom is 0.0781 e. The molecule has 3 heteroatoms. The number of nitrogen functional groups attached to an aromatic ring is 1. The van der Waals surface area contributed by atoms with Crippen molar-refractivity contribution < 1.29 is 4.74 Å². The largest absolute Gasteiger partial charge is 0.398 e. The second-order valence-corrected chi connectivity index (χ2v) is 4.20. The number of benzene rings is 1. The van der Waals surface area contributed by atoms with Gasteiger partial charge in [-0.1, -0.05) is 31.5 Å². The van der Waals surface area contributed by atoms with E-state index in [-0.39, 0.29) is 0 Å². The molecule has 2 aromatic rings. The van der Waals surface area contributed by atoms with Crippen LogP contribution in [-0.4, -0.2) is 12.1 Å².